The zero-order valence-electron chi connectivity index (χ0n) is 6.87. The molecule has 0 spiro atoms. The molecule has 68 valence electrons. The van der Waals surface area contributed by atoms with E-state index in [0.717, 1.165) is 14.6 Å². The van der Waals surface area contributed by atoms with E-state index < -0.39 is 0 Å². The number of thioether (sulfide) groups is 1. The molecule has 0 radical (unpaired) electrons. The molecule has 1 nitrogen and oxygen atoms in total. The van der Waals surface area contributed by atoms with E-state index in [0.29, 0.717) is 5.06 Å². The van der Waals surface area contributed by atoms with Crippen LogP contribution in [0, 0.1) is 0 Å². The van der Waals surface area contributed by atoms with Crippen LogP contribution in [0.5, 0.6) is 5.06 Å². The summed E-state index contributed by atoms with van der Waals surface area (Å²) in [6.07, 6.45) is 2.04. The van der Waals surface area contributed by atoms with Gasteiger partial charge in [0.1, 0.15) is 0 Å². The molecule has 1 N–H and O–H groups in total. The van der Waals surface area contributed by atoms with Crippen molar-refractivity contribution in [3.8, 4) is 5.06 Å². The minimum absolute atomic E-state index is 0.378. The zero-order valence-corrected chi connectivity index (χ0v) is 10.1. The Balaban J connectivity index is 2.82. The van der Waals surface area contributed by atoms with Crippen LogP contribution >= 0.6 is 39.0 Å². The van der Waals surface area contributed by atoms with Crippen LogP contribution in [0.4, 0.5) is 0 Å². The quantitative estimate of drug-likeness (QED) is 0.791. The molecule has 0 aliphatic heterocycles. The van der Waals surface area contributed by atoms with E-state index in [4.69, 9.17) is 0 Å². The predicted octanol–water partition coefficient (Wildman–Crippen LogP) is 4.09. The minimum Gasteiger partial charge on any atom is -0.499 e. The molecule has 0 bridgehead atoms. The molecule has 0 unspecified atom stereocenters. The maximum Gasteiger partial charge on any atom is 0.172 e. The Labute approximate surface area is 92.9 Å². The van der Waals surface area contributed by atoms with Gasteiger partial charge in [-0.25, -0.2) is 0 Å². The standard InChI is InChI=1S/C9H7BrOS2/c1-12-9-5-4-8(11)13-7(5)3-2-6(9)10/h2-4,11H,1H3. The molecule has 1 aromatic carbocycles. The van der Waals surface area contributed by atoms with Crippen molar-refractivity contribution in [1.29, 1.82) is 0 Å². The van der Waals surface area contributed by atoms with Gasteiger partial charge in [-0.05, 0) is 34.3 Å². The smallest absolute Gasteiger partial charge is 0.172 e. The number of hydrogen-bond acceptors (Lipinski definition) is 3. The van der Waals surface area contributed by atoms with Crippen LogP contribution in [0.1, 0.15) is 0 Å². The van der Waals surface area contributed by atoms with Crippen LogP contribution in [-0.2, 0) is 0 Å². The van der Waals surface area contributed by atoms with Gasteiger partial charge in [-0.2, -0.15) is 0 Å². The number of aromatic hydroxyl groups is 1. The van der Waals surface area contributed by atoms with Crippen molar-refractivity contribution in [2.75, 3.05) is 6.26 Å². The van der Waals surface area contributed by atoms with Gasteiger partial charge in [-0.15, -0.1) is 11.8 Å². The fourth-order valence-electron chi connectivity index (χ4n) is 1.25. The zero-order chi connectivity index (χ0) is 9.42. The molecule has 0 amide bonds. The van der Waals surface area contributed by atoms with E-state index in [1.54, 1.807) is 11.8 Å². The highest BCUT2D eigenvalue weighted by Crippen LogP contribution is 2.39. The van der Waals surface area contributed by atoms with E-state index in [-0.39, 0.29) is 0 Å². The molecule has 13 heavy (non-hydrogen) atoms. The number of halogens is 1. The van der Waals surface area contributed by atoms with Crippen LogP contribution in [0.3, 0.4) is 0 Å². The van der Waals surface area contributed by atoms with E-state index >= 15 is 0 Å². The van der Waals surface area contributed by atoms with E-state index in [1.165, 1.54) is 16.2 Å². The number of hydrogen-bond donors (Lipinski definition) is 1. The highest BCUT2D eigenvalue weighted by atomic mass is 79.9. The second-order valence-electron chi connectivity index (χ2n) is 2.58. The number of fused-ring (bicyclic) bond motifs is 1. The third kappa shape index (κ3) is 1.58. The summed E-state index contributed by atoms with van der Waals surface area (Å²) in [5.74, 6) is 0. The first-order valence-electron chi connectivity index (χ1n) is 3.67. The lowest BCUT2D eigenvalue weighted by molar-refractivity contribution is 0.491. The summed E-state index contributed by atoms with van der Waals surface area (Å²) in [7, 11) is 0. The first-order valence-corrected chi connectivity index (χ1v) is 6.51. The van der Waals surface area contributed by atoms with Crippen molar-refractivity contribution in [1.82, 2.24) is 0 Å². The molecule has 1 heterocycles. The first-order chi connectivity index (χ1) is 6.22. The highest BCUT2D eigenvalue weighted by molar-refractivity contribution is 9.10. The molecular formula is C9H7BrOS2. The molecule has 1 aromatic heterocycles. The summed E-state index contributed by atoms with van der Waals surface area (Å²) < 4.78 is 2.22. The molecule has 0 aliphatic carbocycles. The molecule has 0 aliphatic rings. The Bertz CT molecular complexity index is 450. The molecule has 4 heteroatoms. The molecule has 0 saturated heterocycles. The summed E-state index contributed by atoms with van der Waals surface area (Å²) in [6.45, 7) is 0. The second kappa shape index (κ2) is 3.52. The summed E-state index contributed by atoms with van der Waals surface area (Å²) >= 11 is 6.59. The van der Waals surface area contributed by atoms with Crippen molar-refractivity contribution in [3.05, 3.63) is 22.7 Å². The number of benzene rings is 1. The topological polar surface area (TPSA) is 20.2 Å². The summed E-state index contributed by atoms with van der Waals surface area (Å²) in [4.78, 5) is 1.19. The maximum absolute atomic E-state index is 9.36. The van der Waals surface area contributed by atoms with E-state index in [1.807, 2.05) is 24.5 Å². The van der Waals surface area contributed by atoms with E-state index in [2.05, 4.69) is 15.9 Å². The highest BCUT2D eigenvalue weighted by Gasteiger charge is 2.07. The predicted molar refractivity (Wildman–Crippen MR) is 63.0 cm³/mol. The van der Waals surface area contributed by atoms with Crippen LogP contribution in [0.25, 0.3) is 10.1 Å². The van der Waals surface area contributed by atoms with Crippen LogP contribution in [-0.4, -0.2) is 11.4 Å². The first kappa shape index (κ1) is 9.37. The van der Waals surface area contributed by atoms with Crippen LogP contribution in [0.15, 0.2) is 27.6 Å². The van der Waals surface area contributed by atoms with Crippen molar-refractivity contribution in [2.45, 2.75) is 4.90 Å². The monoisotopic (exact) mass is 274 g/mol. The number of rotatable bonds is 1. The van der Waals surface area contributed by atoms with Gasteiger partial charge in [0.2, 0.25) is 0 Å². The fourth-order valence-corrected chi connectivity index (χ4v) is 3.61. The van der Waals surface area contributed by atoms with Gasteiger partial charge in [-0.1, -0.05) is 11.3 Å². The van der Waals surface area contributed by atoms with Gasteiger partial charge >= 0.3 is 0 Å². The van der Waals surface area contributed by atoms with Gasteiger partial charge in [0, 0.05) is 25.5 Å². The van der Waals surface area contributed by atoms with Gasteiger partial charge in [-0.3, -0.25) is 0 Å². The van der Waals surface area contributed by atoms with Gasteiger partial charge < -0.3 is 5.11 Å². The Morgan fingerprint density at radius 2 is 2.23 bits per heavy atom. The summed E-state index contributed by atoms with van der Waals surface area (Å²) in [5.41, 5.74) is 0. The van der Waals surface area contributed by atoms with Gasteiger partial charge in [0.25, 0.3) is 0 Å². The second-order valence-corrected chi connectivity index (χ2v) is 5.31. The van der Waals surface area contributed by atoms with Crippen molar-refractivity contribution in [2.24, 2.45) is 0 Å². The SMILES string of the molecule is CSc1c(Br)ccc2sc(O)cc12. The maximum atomic E-state index is 9.36. The molecule has 2 aromatic rings. The van der Waals surface area contributed by atoms with Gasteiger partial charge in [0.05, 0.1) is 0 Å². The van der Waals surface area contributed by atoms with Gasteiger partial charge in [0.15, 0.2) is 5.06 Å². The lowest BCUT2D eigenvalue weighted by atomic mass is 10.3. The lowest BCUT2D eigenvalue weighted by Gasteiger charge is -2.01. The third-order valence-corrected chi connectivity index (χ3v) is 4.47. The normalized spacial score (nSPS) is 10.9. The molecule has 0 atom stereocenters. The summed E-state index contributed by atoms with van der Waals surface area (Å²) in [6, 6.07) is 5.85. The molecule has 0 saturated carbocycles. The van der Waals surface area contributed by atoms with Crippen molar-refractivity contribution in [3.63, 3.8) is 0 Å². The average molecular weight is 275 g/mol. The molecule has 0 fully saturated rings. The van der Waals surface area contributed by atoms with Crippen molar-refractivity contribution < 1.29 is 5.11 Å². The fraction of sp³-hybridized carbons (Fsp3) is 0.111. The third-order valence-electron chi connectivity index (χ3n) is 1.79. The Kier molecular flexibility index (Phi) is 2.53. The minimum atomic E-state index is 0.378. The lowest BCUT2D eigenvalue weighted by Crippen LogP contribution is -1.73. The van der Waals surface area contributed by atoms with Crippen molar-refractivity contribution >= 4 is 49.1 Å². The Morgan fingerprint density at radius 1 is 1.46 bits per heavy atom. The Hall–Kier alpha value is -0.190. The summed E-state index contributed by atoms with van der Waals surface area (Å²) in [5, 5.41) is 10.9. The largest absolute Gasteiger partial charge is 0.499 e. The molecule has 2 rings (SSSR count). The average Bonchev–Trinajstić information content (AvgIpc) is 2.45. The Morgan fingerprint density at radius 3 is 2.92 bits per heavy atom. The number of thiophene rings is 1. The molecular weight excluding hydrogens is 268 g/mol. The van der Waals surface area contributed by atoms with Crippen LogP contribution in [0.2, 0.25) is 0 Å². The van der Waals surface area contributed by atoms with E-state index in [9.17, 15) is 5.11 Å². The van der Waals surface area contributed by atoms with Crippen LogP contribution < -0.4 is 0 Å².